The van der Waals surface area contributed by atoms with Crippen molar-refractivity contribution in [3.8, 4) is 11.1 Å². The molecule has 1 amide bonds. The lowest BCUT2D eigenvalue weighted by Crippen LogP contribution is -2.25. The van der Waals surface area contributed by atoms with Crippen LogP contribution < -0.4 is 5.32 Å². The van der Waals surface area contributed by atoms with Gasteiger partial charge in [-0.25, -0.2) is 0 Å². The van der Waals surface area contributed by atoms with Gasteiger partial charge < -0.3 is 10.5 Å². The van der Waals surface area contributed by atoms with Crippen molar-refractivity contribution in [2.24, 2.45) is 10.6 Å². The molecular weight excluding hydrogens is 388 g/mol. The third-order valence-electron chi connectivity index (χ3n) is 6.34. The summed E-state index contributed by atoms with van der Waals surface area (Å²) in [6.07, 6.45) is 7.45. The van der Waals surface area contributed by atoms with Gasteiger partial charge in [-0.05, 0) is 59.9 Å². The number of allylic oxidation sites excluding steroid dienone is 6. The Morgan fingerprint density at radius 3 is 2.45 bits per heavy atom. The van der Waals surface area contributed by atoms with Gasteiger partial charge in [0, 0.05) is 16.7 Å². The highest BCUT2D eigenvalue weighted by Gasteiger charge is 2.49. The van der Waals surface area contributed by atoms with Crippen molar-refractivity contribution in [1.29, 1.82) is 0 Å². The minimum Gasteiger partial charge on any atom is -0.410 e. The summed E-state index contributed by atoms with van der Waals surface area (Å²) < 4.78 is 0. The van der Waals surface area contributed by atoms with Crippen LogP contribution in [0, 0.1) is 5.41 Å². The van der Waals surface area contributed by atoms with Crippen LogP contribution in [0.3, 0.4) is 0 Å². The second-order valence-electron chi connectivity index (χ2n) is 7.99. The number of ketones is 1. The Morgan fingerprint density at radius 1 is 1.03 bits per heavy atom. The number of carbonyl (C=O) groups excluding carboxylic acids is 2. The molecule has 0 saturated carbocycles. The third kappa shape index (κ3) is 2.89. The van der Waals surface area contributed by atoms with Crippen LogP contribution in [0.5, 0.6) is 0 Å². The van der Waals surface area contributed by atoms with Crippen molar-refractivity contribution in [3.63, 3.8) is 0 Å². The van der Waals surface area contributed by atoms with Crippen LogP contribution in [-0.2, 0) is 9.59 Å². The molecule has 1 unspecified atom stereocenters. The number of nitrogens with one attached hydrogen (secondary N) is 1. The SMILES string of the molecule is CC12C3=CC(C(=O)Nc4ccc(-c5ccccc5)cc4)=C1C=CC(=O)C(=NO)C2=CC3. The zero-order chi connectivity index (χ0) is 21.6. The van der Waals surface area contributed by atoms with E-state index in [4.69, 9.17) is 0 Å². The van der Waals surface area contributed by atoms with Crippen molar-refractivity contribution < 1.29 is 14.8 Å². The predicted octanol–water partition coefficient (Wildman–Crippen LogP) is 4.83. The average molecular weight is 408 g/mol. The van der Waals surface area contributed by atoms with E-state index >= 15 is 0 Å². The summed E-state index contributed by atoms with van der Waals surface area (Å²) in [5.41, 5.74) is 5.23. The van der Waals surface area contributed by atoms with Crippen molar-refractivity contribution in [2.75, 3.05) is 5.32 Å². The van der Waals surface area contributed by atoms with Gasteiger partial charge >= 0.3 is 0 Å². The fourth-order valence-electron chi connectivity index (χ4n) is 4.66. The van der Waals surface area contributed by atoms with Crippen LogP contribution in [-0.4, -0.2) is 22.6 Å². The molecule has 5 heteroatoms. The second kappa shape index (κ2) is 7.06. The minimum absolute atomic E-state index is 0.0373. The summed E-state index contributed by atoms with van der Waals surface area (Å²) in [5.74, 6) is -0.596. The Bertz CT molecular complexity index is 1260. The van der Waals surface area contributed by atoms with E-state index in [1.54, 1.807) is 6.08 Å². The first kappa shape index (κ1) is 19.0. The Kier molecular flexibility index (Phi) is 4.33. The monoisotopic (exact) mass is 408 g/mol. The number of anilines is 1. The van der Waals surface area contributed by atoms with Crippen LogP contribution in [0.4, 0.5) is 5.69 Å². The molecule has 1 atom stereocenters. The van der Waals surface area contributed by atoms with Crippen molar-refractivity contribution in [3.05, 3.63) is 101 Å². The molecule has 2 aromatic carbocycles. The zero-order valence-corrected chi connectivity index (χ0v) is 16.9. The molecule has 2 N–H and O–H groups in total. The Labute approximate surface area is 179 Å². The Hall–Kier alpha value is -3.99. The molecule has 0 fully saturated rings. The lowest BCUT2D eigenvalue weighted by atomic mass is 9.75. The van der Waals surface area contributed by atoms with Gasteiger partial charge in [-0.15, -0.1) is 0 Å². The van der Waals surface area contributed by atoms with E-state index in [2.05, 4.69) is 10.5 Å². The number of rotatable bonds is 3. The first-order valence-corrected chi connectivity index (χ1v) is 10.1. The van der Waals surface area contributed by atoms with E-state index in [1.807, 2.05) is 73.7 Å². The lowest BCUT2D eigenvalue weighted by Gasteiger charge is -2.27. The molecule has 0 aliphatic heterocycles. The average Bonchev–Trinajstić information content (AvgIpc) is 3.21. The molecule has 3 aliphatic carbocycles. The number of amides is 1. The maximum absolute atomic E-state index is 13.2. The molecule has 0 aromatic heterocycles. The van der Waals surface area contributed by atoms with E-state index in [0.717, 1.165) is 22.3 Å². The van der Waals surface area contributed by atoms with Gasteiger partial charge in [0.1, 0.15) is 0 Å². The summed E-state index contributed by atoms with van der Waals surface area (Å²) in [5, 5.41) is 15.6. The molecule has 2 aromatic rings. The highest BCUT2D eigenvalue weighted by atomic mass is 16.4. The number of hydrogen-bond acceptors (Lipinski definition) is 4. The summed E-state index contributed by atoms with van der Waals surface area (Å²) in [6.45, 7) is 1.97. The standard InChI is InChI=1S/C26H20N2O3/c1-26-18-9-12-22(26)24(28-31)23(29)14-13-21(26)20(15-18)25(30)27-19-10-7-17(8-11-19)16-5-3-2-4-6-16/h2-8,10-15,31H,9H2,1H3,(H,27,30). The van der Waals surface area contributed by atoms with Gasteiger partial charge in [0.2, 0.25) is 5.78 Å². The molecule has 31 heavy (non-hydrogen) atoms. The van der Waals surface area contributed by atoms with Crippen molar-refractivity contribution in [1.82, 2.24) is 0 Å². The largest absolute Gasteiger partial charge is 0.410 e. The second-order valence-corrected chi connectivity index (χ2v) is 7.99. The highest BCUT2D eigenvalue weighted by Crippen LogP contribution is 2.55. The maximum Gasteiger partial charge on any atom is 0.255 e. The summed E-state index contributed by atoms with van der Waals surface area (Å²) >= 11 is 0. The molecule has 5 nitrogen and oxygen atoms in total. The number of hydrogen-bond donors (Lipinski definition) is 2. The Balaban J connectivity index is 1.46. The van der Waals surface area contributed by atoms with Gasteiger partial charge in [0.15, 0.2) is 5.71 Å². The van der Waals surface area contributed by atoms with Gasteiger partial charge in [-0.1, -0.05) is 65.3 Å². The maximum atomic E-state index is 13.2. The molecule has 0 saturated heterocycles. The fourth-order valence-corrected chi connectivity index (χ4v) is 4.66. The smallest absolute Gasteiger partial charge is 0.255 e. The van der Waals surface area contributed by atoms with Crippen molar-refractivity contribution >= 4 is 23.1 Å². The van der Waals surface area contributed by atoms with E-state index in [-0.39, 0.29) is 17.4 Å². The van der Waals surface area contributed by atoms with Gasteiger partial charge in [-0.3, -0.25) is 9.59 Å². The lowest BCUT2D eigenvalue weighted by molar-refractivity contribution is -0.112. The molecule has 152 valence electrons. The predicted molar refractivity (Wildman–Crippen MR) is 120 cm³/mol. The number of benzene rings is 2. The summed E-state index contributed by atoms with van der Waals surface area (Å²) in [4.78, 5) is 25.5. The number of oxime groups is 1. The molecule has 0 heterocycles. The molecule has 0 radical (unpaired) electrons. The topological polar surface area (TPSA) is 78.8 Å². The van der Waals surface area contributed by atoms with E-state index < -0.39 is 5.41 Å². The van der Waals surface area contributed by atoms with Gasteiger partial charge in [0.05, 0.1) is 0 Å². The van der Waals surface area contributed by atoms with Crippen LogP contribution >= 0.6 is 0 Å². The zero-order valence-electron chi connectivity index (χ0n) is 16.9. The van der Waals surface area contributed by atoms with Crippen LogP contribution in [0.2, 0.25) is 0 Å². The quantitative estimate of drug-likeness (QED) is 0.564. The fraction of sp³-hybridized carbons (Fsp3) is 0.115. The highest BCUT2D eigenvalue weighted by molar-refractivity contribution is 6.50. The normalized spacial score (nSPS) is 22.9. The molecule has 0 bridgehead atoms. The van der Waals surface area contributed by atoms with E-state index in [0.29, 0.717) is 23.3 Å². The third-order valence-corrected chi connectivity index (χ3v) is 6.34. The number of carbonyl (C=O) groups is 2. The first-order chi connectivity index (χ1) is 15.0. The summed E-state index contributed by atoms with van der Waals surface area (Å²) in [7, 11) is 0. The first-order valence-electron chi connectivity index (χ1n) is 10.1. The van der Waals surface area contributed by atoms with E-state index in [1.165, 1.54) is 6.08 Å². The summed E-state index contributed by atoms with van der Waals surface area (Å²) in [6, 6.07) is 17.7. The van der Waals surface area contributed by atoms with Crippen molar-refractivity contribution in [2.45, 2.75) is 13.3 Å². The van der Waals surface area contributed by atoms with E-state index in [9.17, 15) is 14.8 Å². The molecule has 3 aliphatic rings. The van der Waals surface area contributed by atoms with Crippen LogP contribution in [0.25, 0.3) is 11.1 Å². The van der Waals surface area contributed by atoms with Crippen LogP contribution in [0.1, 0.15) is 13.3 Å². The van der Waals surface area contributed by atoms with Gasteiger partial charge in [-0.2, -0.15) is 0 Å². The Morgan fingerprint density at radius 2 is 1.74 bits per heavy atom. The number of nitrogens with zero attached hydrogens (tertiary/aromatic N) is 1. The molecule has 0 spiro atoms. The minimum atomic E-state index is -0.631. The van der Waals surface area contributed by atoms with Gasteiger partial charge in [0.25, 0.3) is 5.91 Å². The molecular formula is C26H20N2O3. The molecule has 5 rings (SSSR count). The van der Waals surface area contributed by atoms with Crippen LogP contribution in [0.15, 0.2) is 106 Å².